The van der Waals surface area contributed by atoms with Crippen LogP contribution in [-0.2, 0) is 49.6 Å². The molecule has 0 bridgehead atoms. The van der Waals surface area contributed by atoms with Crippen LogP contribution >= 0.6 is 0 Å². The molecule has 0 unspecified atom stereocenters. The lowest BCUT2D eigenvalue weighted by Crippen LogP contribution is -2.61. The molecule has 8 amide bonds. The highest BCUT2D eigenvalue weighted by Crippen LogP contribution is 2.20. The second-order valence-corrected chi connectivity index (χ2v) is 15.6. The van der Waals surface area contributed by atoms with Crippen LogP contribution in [0.3, 0.4) is 0 Å². The maximum absolute atomic E-state index is 13.8. The van der Waals surface area contributed by atoms with Crippen molar-refractivity contribution < 1.29 is 48.3 Å². The normalized spacial score (nSPS) is 16.4. The van der Waals surface area contributed by atoms with Crippen molar-refractivity contribution in [2.45, 2.75) is 116 Å². The van der Waals surface area contributed by atoms with Crippen molar-refractivity contribution in [3.8, 4) is 0 Å². The molecule has 6 atom stereocenters. The number of carboxylic acids is 1. The Bertz CT molecular complexity index is 1620. The Kier molecular flexibility index (Phi) is 19.8. The van der Waals surface area contributed by atoms with Crippen molar-refractivity contribution in [2.75, 3.05) is 19.6 Å². The quantitative estimate of drug-likeness (QED) is 0.0608. The van der Waals surface area contributed by atoms with Crippen LogP contribution in [0.4, 0.5) is 0 Å². The molecule has 2 rings (SSSR count). The van der Waals surface area contributed by atoms with Crippen LogP contribution in [0.15, 0.2) is 30.3 Å². The molecule has 0 aromatic heterocycles. The Hall–Kier alpha value is -5.59. The number of nitrogens with two attached hydrogens (primary N) is 2. The van der Waals surface area contributed by atoms with Crippen LogP contribution in [0.5, 0.6) is 0 Å². The smallest absolute Gasteiger partial charge is 0.322 e. The molecule has 0 aliphatic carbocycles. The highest BCUT2D eigenvalue weighted by Gasteiger charge is 2.39. The van der Waals surface area contributed by atoms with Crippen molar-refractivity contribution in [1.29, 1.82) is 0 Å². The van der Waals surface area contributed by atoms with Gasteiger partial charge in [-0.15, -0.1) is 0 Å². The summed E-state index contributed by atoms with van der Waals surface area (Å²) in [5, 5.41) is 24.3. The fourth-order valence-electron chi connectivity index (χ4n) is 6.36. The Morgan fingerprint density at radius 1 is 0.759 bits per heavy atom. The van der Waals surface area contributed by atoms with E-state index in [2.05, 4.69) is 31.9 Å². The summed E-state index contributed by atoms with van der Waals surface area (Å²) in [4.78, 5) is 117. The van der Waals surface area contributed by atoms with Gasteiger partial charge in [-0.05, 0) is 55.4 Å². The number of aliphatic carboxylic acids is 1. The van der Waals surface area contributed by atoms with Gasteiger partial charge in [0, 0.05) is 13.0 Å². The first-order valence-corrected chi connectivity index (χ1v) is 19.6. The molecule has 0 saturated carbocycles. The van der Waals surface area contributed by atoms with Gasteiger partial charge in [0.1, 0.15) is 36.8 Å². The fraction of sp³-hybridized carbons (Fsp3) is 0.615. The average Bonchev–Trinajstić information content (AvgIpc) is 3.65. The molecule has 11 N–H and O–H groups in total. The lowest BCUT2D eigenvalue weighted by Gasteiger charge is -2.31. The zero-order chi connectivity index (χ0) is 43.7. The SMILES string of the molecule is CC(C)C[C@H](NC(=O)[C@@H](NC(=O)CNC(=O)[C@@H](N)Cc1ccccc1)C(C)C)C(=O)N[C@H](C(=O)N[C@@H](CCC(N)=O)C(=O)N1CCC[C@H]1C(=O)NCC(=O)O)C(C)C. The lowest BCUT2D eigenvalue weighted by atomic mass is 9.98. The van der Waals surface area contributed by atoms with Gasteiger partial charge in [0.05, 0.1) is 12.6 Å². The molecule has 1 aliphatic heterocycles. The molecule has 1 aromatic carbocycles. The topological polar surface area (TPSA) is 301 Å². The van der Waals surface area contributed by atoms with Crippen molar-refractivity contribution >= 4 is 53.2 Å². The molecular weight excluding hydrogens is 754 g/mol. The number of carbonyl (C=O) groups excluding carboxylic acids is 8. The van der Waals surface area contributed by atoms with E-state index in [0.717, 1.165) is 5.56 Å². The number of hydrogen-bond acceptors (Lipinski definition) is 10. The minimum atomic E-state index is -1.32. The first kappa shape index (κ1) is 48.6. The summed E-state index contributed by atoms with van der Waals surface area (Å²) in [7, 11) is 0. The lowest BCUT2D eigenvalue weighted by molar-refractivity contribution is -0.143. The van der Waals surface area contributed by atoms with Gasteiger partial charge in [-0.25, -0.2) is 0 Å². The van der Waals surface area contributed by atoms with E-state index >= 15 is 0 Å². The van der Waals surface area contributed by atoms with E-state index in [0.29, 0.717) is 6.42 Å². The second kappa shape index (κ2) is 23.6. The van der Waals surface area contributed by atoms with Gasteiger partial charge < -0.3 is 53.4 Å². The number of primary amides is 1. The Balaban J connectivity index is 2.16. The predicted molar refractivity (Wildman–Crippen MR) is 212 cm³/mol. The molecule has 19 heteroatoms. The summed E-state index contributed by atoms with van der Waals surface area (Å²) >= 11 is 0. The number of likely N-dealkylation sites (tertiary alicyclic amines) is 1. The molecule has 1 heterocycles. The zero-order valence-corrected chi connectivity index (χ0v) is 34.2. The maximum atomic E-state index is 13.8. The molecule has 0 radical (unpaired) electrons. The molecular formula is C39H61N9O10. The van der Waals surface area contributed by atoms with Crippen LogP contribution in [0.2, 0.25) is 0 Å². The Labute approximate surface area is 338 Å². The Morgan fingerprint density at radius 3 is 1.90 bits per heavy atom. The highest BCUT2D eigenvalue weighted by molar-refractivity contribution is 5.97. The van der Waals surface area contributed by atoms with Gasteiger partial charge in [-0.2, -0.15) is 0 Å². The van der Waals surface area contributed by atoms with E-state index in [4.69, 9.17) is 16.6 Å². The molecule has 1 aliphatic rings. The first-order valence-electron chi connectivity index (χ1n) is 19.6. The second-order valence-electron chi connectivity index (χ2n) is 15.6. The van der Waals surface area contributed by atoms with E-state index in [1.165, 1.54) is 4.90 Å². The number of carbonyl (C=O) groups is 9. The summed E-state index contributed by atoms with van der Waals surface area (Å²) in [6, 6.07) is 2.41. The van der Waals surface area contributed by atoms with Gasteiger partial charge in [0.15, 0.2) is 0 Å². The summed E-state index contributed by atoms with van der Waals surface area (Å²) in [6.45, 7) is 9.40. The third-order valence-electron chi connectivity index (χ3n) is 9.46. The van der Waals surface area contributed by atoms with Gasteiger partial charge in [0.2, 0.25) is 47.3 Å². The van der Waals surface area contributed by atoms with Crippen LogP contribution in [0.25, 0.3) is 0 Å². The van der Waals surface area contributed by atoms with Crippen molar-refractivity contribution in [1.82, 2.24) is 36.8 Å². The number of hydrogen-bond donors (Lipinski definition) is 9. The van der Waals surface area contributed by atoms with E-state index in [1.54, 1.807) is 27.7 Å². The van der Waals surface area contributed by atoms with E-state index in [1.807, 2.05) is 44.2 Å². The van der Waals surface area contributed by atoms with Gasteiger partial charge in [-0.3, -0.25) is 43.2 Å². The number of rotatable bonds is 23. The van der Waals surface area contributed by atoms with Crippen LogP contribution in [0, 0.1) is 17.8 Å². The molecule has 58 heavy (non-hydrogen) atoms. The van der Waals surface area contributed by atoms with Crippen LogP contribution < -0.4 is 43.4 Å². The molecule has 1 fully saturated rings. The number of benzene rings is 1. The molecule has 1 saturated heterocycles. The van der Waals surface area contributed by atoms with Gasteiger partial charge in [-0.1, -0.05) is 71.9 Å². The van der Waals surface area contributed by atoms with E-state index < -0.39 is 114 Å². The predicted octanol–water partition coefficient (Wildman–Crippen LogP) is -1.57. The van der Waals surface area contributed by atoms with Crippen LogP contribution in [0.1, 0.15) is 79.2 Å². The molecule has 19 nitrogen and oxygen atoms in total. The van der Waals surface area contributed by atoms with Gasteiger partial charge >= 0.3 is 5.97 Å². The summed E-state index contributed by atoms with van der Waals surface area (Å²) < 4.78 is 0. The minimum absolute atomic E-state index is 0.110. The monoisotopic (exact) mass is 815 g/mol. The molecule has 0 spiro atoms. The molecule has 322 valence electrons. The fourth-order valence-corrected chi connectivity index (χ4v) is 6.36. The van der Waals surface area contributed by atoms with Gasteiger partial charge in [0.25, 0.3) is 0 Å². The van der Waals surface area contributed by atoms with Crippen molar-refractivity contribution in [3.63, 3.8) is 0 Å². The number of amides is 8. The van der Waals surface area contributed by atoms with Crippen LogP contribution in [-0.4, -0.2) is 119 Å². The number of carboxylic acid groups (broad SMARTS) is 1. The minimum Gasteiger partial charge on any atom is -0.480 e. The Morgan fingerprint density at radius 2 is 1.34 bits per heavy atom. The third-order valence-corrected chi connectivity index (χ3v) is 9.46. The number of nitrogens with one attached hydrogen (secondary N) is 6. The first-order chi connectivity index (χ1) is 27.2. The number of nitrogens with zero attached hydrogens (tertiary/aromatic N) is 1. The maximum Gasteiger partial charge on any atom is 0.322 e. The van der Waals surface area contributed by atoms with Crippen molar-refractivity contribution in [2.24, 2.45) is 29.2 Å². The zero-order valence-electron chi connectivity index (χ0n) is 34.2. The van der Waals surface area contributed by atoms with E-state index in [9.17, 15) is 43.2 Å². The standard InChI is InChI=1S/C39H61N9O10/c1-21(2)17-27(45-37(56)32(22(3)4)46-30(50)19-42-34(53)25(40)18-24-11-8-7-9-12-24)35(54)47-33(23(5)6)38(57)44-26(14-15-29(41)49)39(58)48-16-10-13-28(48)36(55)43-20-31(51)52/h7-9,11-12,21-23,25-28,32-33H,10,13-20,40H2,1-6H3,(H2,41,49)(H,42,53)(H,43,55)(H,44,57)(H,45,56)(H,46,50)(H,47,54)(H,51,52)/t25-,26-,27-,28-,32-,33-/m0/s1. The van der Waals surface area contributed by atoms with E-state index in [-0.39, 0.29) is 44.6 Å². The summed E-state index contributed by atoms with van der Waals surface area (Å²) in [5.74, 6) is -7.81. The average molecular weight is 816 g/mol. The third kappa shape index (κ3) is 16.1. The van der Waals surface area contributed by atoms with Crippen molar-refractivity contribution in [3.05, 3.63) is 35.9 Å². The summed E-state index contributed by atoms with van der Waals surface area (Å²) in [5.41, 5.74) is 12.2. The summed E-state index contributed by atoms with van der Waals surface area (Å²) in [6.07, 6.45) is 0.596. The molecule has 1 aromatic rings. The largest absolute Gasteiger partial charge is 0.480 e. The highest BCUT2D eigenvalue weighted by atomic mass is 16.4.